The number of thiophene rings is 1. The van der Waals surface area contributed by atoms with Gasteiger partial charge in [-0.05, 0) is 18.4 Å². The lowest BCUT2D eigenvalue weighted by atomic mass is 9.93. The van der Waals surface area contributed by atoms with E-state index in [1.54, 1.807) is 13.0 Å². The molecule has 0 aromatic carbocycles. The molecule has 0 unspecified atom stereocenters. The van der Waals surface area contributed by atoms with Crippen LogP contribution >= 0.6 is 11.3 Å². The normalized spacial score (nSPS) is 28.7. The maximum atomic E-state index is 12.0. The summed E-state index contributed by atoms with van der Waals surface area (Å²) in [7, 11) is -3.16. The van der Waals surface area contributed by atoms with Crippen molar-refractivity contribution in [2.24, 2.45) is 11.8 Å². The Labute approximate surface area is 134 Å². The summed E-state index contributed by atoms with van der Waals surface area (Å²) in [5, 5.41) is 6.61. The summed E-state index contributed by atoms with van der Waals surface area (Å²) in [5.74, 6) is 0.376. The van der Waals surface area contributed by atoms with E-state index in [1.165, 1.54) is 15.6 Å². The van der Waals surface area contributed by atoms with Crippen LogP contribution in [0.15, 0.2) is 16.8 Å². The van der Waals surface area contributed by atoms with Gasteiger partial charge in [0.2, 0.25) is 10.0 Å². The van der Waals surface area contributed by atoms with Gasteiger partial charge in [0.25, 0.3) is 5.91 Å². The Bertz CT molecular complexity index is 629. The largest absolute Gasteiger partial charge is 0.376 e. The molecule has 22 heavy (non-hydrogen) atoms. The minimum Gasteiger partial charge on any atom is -0.376 e. The molecule has 2 fully saturated rings. The van der Waals surface area contributed by atoms with E-state index in [0.29, 0.717) is 31.8 Å². The number of ether oxygens (including phenoxy) is 1. The summed E-state index contributed by atoms with van der Waals surface area (Å²) in [6, 6.07) is 1.79. The number of rotatable bonds is 5. The first-order valence-electron chi connectivity index (χ1n) is 7.41. The zero-order valence-electron chi connectivity index (χ0n) is 12.4. The molecule has 1 aromatic heterocycles. The van der Waals surface area contributed by atoms with Gasteiger partial charge in [-0.3, -0.25) is 4.79 Å². The van der Waals surface area contributed by atoms with Gasteiger partial charge in [-0.1, -0.05) is 0 Å². The quantitative estimate of drug-likeness (QED) is 0.856. The average Bonchev–Trinajstić information content (AvgIpc) is 3.21. The van der Waals surface area contributed by atoms with E-state index < -0.39 is 10.0 Å². The molecular weight excluding hydrogens is 324 g/mol. The summed E-state index contributed by atoms with van der Waals surface area (Å²) in [6.07, 6.45) is -0.0376. The summed E-state index contributed by atoms with van der Waals surface area (Å²) in [4.78, 5) is 12.0. The standard InChI is InChI=1S/C14H20N2O4S2/c1-2-22(18,19)16-6-12-11(8-20-13(12)7-16)5-15-14(17)10-3-4-21-9-10/h3-4,9,11-13H,2,5-8H2,1H3,(H,15,17)/t11-,12+,13+/m0/s1. The van der Waals surface area contributed by atoms with Crippen molar-refractivity contribution in [1.29, 1.82) is 0 Å². The zero-order chi connectivity index (χ0) is 15.7. The monoisotopic (exact) mass is 344 g/mol. The molecule has 6 nitrogen and oxygen atoms in total. The number of fused-ring (bicyclic) bond motifs is 1. The van der Waals surface area contributed by atoms with Crippen LogP contribution in [0, 0.1) is 11.8 Å². The lowest BCUT2D eigenvalue weighted by Gasteiger charge is -2.19. The Kier molecular flexibility index (Phi) is 4.54. The highest BCUT2D eigenvalue weighted by atomic mass is 32.2. The lowest BCUT2D eigenvalue weighted by molar-refractivity contribution is 0.0933. The SMILES string of the molecule is CCS(=O)(=O)N1C[C@@H]2[C@@H](CNC(=O)c3ccsc3)CO[C@@H]2C1. The Morgan fingerprint density at radius 3 is 3.00 bits per heavy atom. The molecular formula is C14H20N2O4S2. The summed E-state index contributed by atoms with van der Waals surface area (Å²) in [6.45, 7) is 3.70. The predicted molar refractivity (Wildman–Crippen MR) is 84.4 cm³/mol. The fourth-order valence-electron chi connectivity index (χ4n) is 3.10. The molecule has 3 rings (SSSR count). The van der Waals surface area contributed by atoms with Crippen LogP contribution < -0.4 is 5.32 Å². The molecule has 3 heterocycles. The van der Waals surface area contributed by atoms with Crippen LogP contribution in [0.3, 0.4) is 0 Å². The van der Waals surface area contributed by atoms with Crippen molar-refractivity contribution in [3.8, 4) is 0 Å². The van der Waals surface area contributed by atoms with Crippen LogP contribution in [0.1, 0.15) is 17.3 Å². The fraction of sp³-hybridized carbons (Fsp3) is 0.643. The third kappa shape index (κ3) is 3.05. The van der Waals surface area contributed by atoms with E-state index in [-0.39, 0.29) is 29.6 Å². The predicted octanol–water partition coefficient (Wildman–Crippen LogP) is 0.774. The zero-order valence-corrected chi connectivity index (χ0v) is 14.0. The fourth-order valence-corrected chi connectivity index (χ4v) is 4.88. The van der Waals surface area contributed by atoms with Crippen LogP contribution in [0.4, 0.5) is 0 Å². The highest BCUT2D eigenvalue weighted by molar-refractivity contribution is 7.89. The first-order chi connectivity index (χ1) is 10.5. The third-order valence-electron chi connectivity index (χ3n) is 4.47. The van der Waals surface area contributed by atoms with Crippen molar-refractivity contribution >= 4 is 27.3 Å². The number of nitrogens with one attached hydrogen (secondary N) is 1. The highest BCUT2D eigenvalue weighted by Gasteiger charge is 2.46. The molecule has 0 radical (unpaired) electrons. The van der Waals surface area contributed by atoms with E-state index in [4.69, 9.17) is 4.74 Å². The van der Waals surface area contributed by atoms with Crippen molar-refractivity contribution in [3.63, 3.8) is 0 Å². The number of amides is 1. The Hall–Kier alpha value is -0.960. The average molecular weight is 344 g/mol. The van der Waals surface area contributed by atoms with Crippen LogP contribution in [-0.4, -0.2) is 56.7 Å². The van der Waals surface area contributed by atoms with Crippen molar-refractivity contribution in [2.75, 3.05) is 32.0 Å². The van der Waals surface area contributed by atoms with E-state index >= 15 is 0 Å². The molecule has 1 amide bonds. The van der Waals surface area contributed by atoms with Gasteiger partial charge >= 0.3 is 0 Å². The van der Waals surface area contributed by atoms with Gasteiger partial charge in [-0.25, -0.2) is 8.42 Å². The van der Waals surface area contributed by atoms with Crippen molar-refractivity contribution < 1.29 is 17.9 Å². The molecule has 0 aliphatic carbocycles. The van der Waals surface area contributed by atoms with Crippen LogP contribution in [0.25, 0.3) is 0 Å². The van der Waals surface area contributed by atoms with Gasteiger partial charge in [0, 0.05) is 42.4 Å². The Morgan fingerprint density at radius 1 is 1.50 bits per heavy atom. The second kappa shape index (κ2) is 6.27. The van der Waals surface area contributed by atoms with Gasteiger partial charge in [-0.2, -0.15) is 15.6 Å². The topological polar surface area (TPSA) is 75.7 Å². The highest BCUT2D eigenvalue weighted by Crippen LogP contribution is 2.34. The second-order valence-corrected chi connectivity index (χ2v) is 8.77. The van der Waals surface area contributed by atoms with Gasteiger partial charge in [0.05, 0.1) is 18.5 Å². The minimum atomic E-state index is -3.16. The number of sulfonamides is 1. The first-order valence-corrected chi connectivity index (χ1v) is 9.96. The number of carbonyl (C=O) groups is 1. The van der Waals surface area contributed by atoms with Crippen LogP contribution in [0.5, 0.6) is 0 Å². The Morgan fingerprint density at radius 2 is 2.32 bits per heavy atom. The molecule has 2 aliphatic heterocycles. The van der Waals surface area contributed by atoms with E-state index in [0.717, 1.165) is 0 Å². The van der Waals surface area contributed by atoms with E-state index in [1.807, 2.05) is 10.8 Å². The smallest absolute Gasteiger partial charge is 0.252 e. The molecule has 1 N–H and O–H groups in total. The second-order valence-electron chi connectivity index (χ2n) is 5.74. The van der Waals surface area contributed by atoms with E-state index in [9.17, 15) is 13.2 Å². The van der Waals surface area contributed by atoms with Gasteiger partial charge in [-0.15, -0.1) is 0 Å². The number of hydrogen-bond donors (Lipinski definition) is 1. The van der Waals surface area contributed by atoms with Crippen molar-refractivity contribution in [2.45, 2.75) is 13.0 Å². The molecule has 8 heteroatoms. The molecule has 122 valence electrons. The molecule has 2 aliphatic rings. The van der Waals surface area contributed by atoms with Gasteiger partial charge < -0.3 is 10.1 Å². The molecule has 2 saturated heterocycles. The Balaban J connectivity index is 1.57. The number of carbonyl (C=O) groups excluding carboxylic acids is 1. The van der Waals surface area contributed by atoms with E-state index in [2.05, 4.69) is 5.32 Å². The minimum absolute atomic E-state index is 0.0376. The van der Waals surface area contributed by atoms with Crippen molar-refractivity contribution in [1.82, 2.24) is 9.62 Å². The molecule has 1 aromatic rings. The first kappa shape index (κ1) is 15.9. The number of hydrogen-bond acceptors (Lipinski definition) is 5. The van der Waals surface area contributed by atoms with Crippen LogP contribution in [-0.2, 0) is 14.8 Å². The molecule has 0 saturated carbocycles. The molecule has 3 atom stereocenters. The van der Waals surface area contributed by atoms with Crippen LogP contribution in [0.2, 0.25) is 0 Å². The number of nitrogens with zero attached hydrogens (tertiary/aromatic N) is 1. The van der Waals surface area contributed by atoms with Gasteiger partial charge in [0.15, 0.2) is 0 Å². The molecule has 0 bridgehead atoms. The van der Waals surface area contributed by atoms with Gasteiger partial charge in [0.1, 0.15) is 0 Å². The van der Waals surface area contributed by atoms with Crippen molar-refractivity contribution in [3.05, 3.63) is 22.4 Å². The summed E-state index contributed by atoms with van der Waals surface area (Å²) >= 11 is 1.49. The summed E-state index contributed by atoms with van der Waals surface area (Å²) < 4.78 is 31.2. The third-order valence-corrected chi connectivity index (χ3v) is 6.97. The lowest BCUT2D eigenvalue weighted by Crippen LogP contribution is -2.35. The maximum absolute atomic E-state index is 12.0. The molecule has 0 spiro atoms. The maximum Gasteiger partial charge on any atom is 0.252 e. The summed E-state index contributed by atoms with van der Waals surface area (Å²) in [5.41, 5.74) is 0.669.